The fraction of sp³-hybridized carbons (Fsp3) is 0.125. The van der Waals surface area contributed by atoms with Gasteiger partial charge in [0.1, 0.15) is 0 Å². The normalized spacial score (nSPS) is 10.0. The molecule has 120 valence electrons. The number of nitrogens with zero attached hydrogens (tertiary/aromatic N) is 1. The summed E-state index contributed by atoms with van der Waals surface area (Å²) in [7, 11) is 1.66. The minimum atomic E-state index is -0.324. The first-order chi connectivity index (χ1) is 11.0. The van der Waals surface area contributed by atoms with Crippen LogP contribution in [0.3, 0.4) is 0 Å². The van der Waals surface area contributed by atoms with Crippen molar-refractivity contribution in [2.24, 2.45) is 0 Å². The number of hydrogen-bond acceptors (Lipinski definition) is 2. The minimum Gasteiger partial charge on any atom is -0.357 e. The Labute approximate surface area is 150 Å². The van der Waals surface area contributed by atoms with Crippen molar-refractivity contribution >= 4 is 46.4 Å². The Kier molecular flexibility index (Phi) is 6.21. The van der Waals surface area contributed by atoms with E-state index in [-0.39, 0.29) is 5.91 Å². The molecule has 2 N–H and O–H groups in total. The highest BCUT2D eigenvalue weighted by molar-refractivity contribution is 7.80. The van der Waals surface area contributed by atoms with E-state index in [1.54, 1.807) is 19.2 Å². The zero-order valence-corrected chi connectivity index (χ0v) is 14.7. The van der Waals surface area contributed by atoms with Gasteiger partial charge in [0.2, 0.25) is 0 Å². The van der Waals surface area contributed by atoms with Crippen LogP contribution in [0, 0.1) is 0 Å². The van der Waals surface area contributed by atoms with Crippen molar-refractivity contribution in [2.45, 2.75) is 6.54 Å². The van der Waals surface area contributed by atoms with E-state index in [1.807, 2.05) is 30.3 Å². The van der Waals surface area contributed by atoms with E-state index in [2.05, 4.69) is 10.7 Å². The molecule has 0 unspecified atom stereocenters. The molecule has 0 saturated carbocycles. The average Bonchev–Trinajstić information content (AvgIpc) is 2.55. The highest BCUT2D eigenvalue weighted by Gasteiger charge is 2.12. The topological polar surface area (TPSA) is 44.4 Å². The summed E-state index contributed by atoms with van der Waals surface area (Å²) in [4.78, 5) is 12.2. The summed E-state index contributed by atoms with van der Waals surface area (Å²) in [6.07, 6.45) is 0. The van der Waals surface area contributed by atoms with Gasteiger partial charge in [-0.25, -0.2) is 0 Å². The second-order valence-corrected chi connectivity index (χ2v) is 5.97. The molecular weight excluding hydrogens is 353 g/mol. The molecule has 0 radical (unpaired) electrons. The molecule has 2 aromatic carbocycles. The Bertz CT molecular complexity index is 710. The van der Waals surface area contributed by atoms with Gasteiger partial charge in [0, 0.05) is 19.2 Å². The fourth-order valence-electron chi connectivity index (χ4n) is 1.80. The summed E-state index contributed by atoms with van der Waals surface area (Å²) in [5.41, 5.74) is 4.16. The second-order valence-electron chi connectivity index (χ2n) is 4.77. The van der Waals surface area contributed by atoms with Gasteiger partial charge in [-0.1, -0.05) is 53.5 Å². The second kappa shape index (κ2) is 8.15. The van der Waals surface area contributed by atoms with Crippen LogP contribution in [-0.2, 0) is 6.54 Å². The third-order valence-electron chi connectivity index (χ3n) is 3.04. The van der Waals surface area contributed by atoms with Crippen molar-refractivity contribution < 1.29 is 4.79 Å². The highest BCUT2D eigenvalue weighted by atomic mass is 35.5. The van der Waals surface area contributed by atoms with E-state index in [9.17, 15) is 4.79 Å². The van der Waals surface area contributed by atoms with E-state index in [1.165, 1.54) is 11.1 Å². The van der Waals surface area contributed by atoms with E-state index in [0.29, 0.717) is 27.3 Å². The van der Waals surface area contributed by atoms with Gasteiger partial charge >= 0.3 is 0 Å². The van der Waals surface area contributed by atoms with Crippen LogP contribution >= 0.6 is 35.4 Å². The molecule has 2 rings (SSSR count). The molecule has 23 heavy (non-hydrogen) atoms. The Morgan fingerprint density at radius 1 is 1.13 bits per heavy atom. The Morgan fingerprint density at radius 3 is 2.48 bits per heavy atom. The number of carbonyl (C=O) groups excluding carboxylic acids is 1. The molecule has 2 aromatic rings. The molecule has 0 atom stereocenters. The number of hydrazine groups is 1. The summed E-state index contributed by atoms with van der Waals surface area (Å²) in [5, 5.41) is 5.65. The summed E-state index contributed by atoms with van der Waals surface area (Å²) in [6, 6.07) is 14.5. The van der Waals surface area contributed by atoms with Gasteiger partial charge in [-0.3, -0.25) is 15.2 Å². The van der Waals surface area contributed by atoms with Crippen LogP contribution in [-0.4, -0.2) is 23.1 Å². The largest absolute Gasteiger partial charge is 0.357 e. The molecule has 1 amide bonds. The van der Waals surface area contributed by atoms with Crippen molar-refractivity contribution in [3.8, 4) is 0 Å². The van der Waals surface area contributed by atoms with Gasteiger partial charge in [-0.15, -0.1) is 0 Å². The SMILES string of the molecule is CN(NC(=O)c1ccc(Cl)c(Cl)c1)C(=S)NCc1ccccc1. The van der Waals surface area contributed by atoms with Crippen LogP contribution in [0.4, 0.5) is 0 Å². The molecule has 0 fully saturated rings. The molecular formula is C16H15Cl2N3OS. The number of benzene rings is 2. The molecule has 0 bridgehead atoms. The number of halogens is 2. The van der Waals surface area contributed by atoms with Gasteiger partial charge < -0.3 is 5.32 Å². The van der Waals surface area contributed by atoms with E-state index in [4.69, 9.17) is 35.4 Å². The molecule has 4 nitrogen and oxygen atoms in total. The number of carbonyl (C=O) groups is 1. The number of nitrogens with one attached hydrogen (secondary N) is 2. The van der Waals surface area contributed by atoms with Gasteiger partial charge in [0.05, 0.1) is 10.0 Å². The van der Waals surface area contributed by atoms with Gasteiger partial charge in [-0.2, -0.15) is 0 Å². The van der Waals surface area contributed by atoms with Crippen LogP contribution in [0.25, 0.3) is 0 Å². The predicted molar refractivity (Wildman–Crippen MR) is 97.6 cm³/mol. The molecule has 0 saturated heterocycles. The Balaban J connectivity index is 1.89. The number of amides is 1. The zero-order valence-electron chi connectivity index (χ0n) is 12.3. The molecule has 0 aliphatic carbocycles. The van der Waals surface area contributed by atoms with Crippen LogP contribution in [0.15, 0.2) is 48.5 Å². The molecule has 7 heteroatoms. The molecule has 0 heterocycles. The lowest BCUT2D eigenvalue weighted by molar-refractivity contribution is 0.0886. The Hall–Kier alpha value is -1.82. The lowest BCUT2D eigenvalue weighted by Gasteiger charge is -2.21. The molecule has 0 aliphatic heterocycles. The molecule has 0 spiro atoms. The van der Waals surface area contributed by atoms with Crippen molar-refractivity contribution in [3.63, 3.8) is 0 Å². The molecule has 0 aliphatic rings. The zero-order chi connectivity index (χ0) is 16.8. The maximum absolute atomic E-state index is 12.2. The van der Waals surface area contributed by atoms with Crippen LogP contribution in [0.5, 0.6) is 0 Å². The first-order valence-corrected chi connectivity index (χ1v) is 7.95. The van der Waals surface area contributed by atoms with Crippen molar-refractivity contribution in [2.75, 3.05) is 7.05 Å². The number of rotatable bonds is 3. The predicted octanol–water partition coefficient (Wildman–Crippen LogP) is 3.64. The smallest absolute Gasteiger partial charge is 0.269 e. The monoisotopic (exact) mass is 367 g/mol. The fourth-order valence-corrected chi connectivity index (χ4v) is 2.21. The van der Waals surface area contributed by atoms with Crippen LogP contribution < -0.4 is 10.7 Å². The quantitative estimate of drug-likeness (QED) is 0.641. The Morgan fingerprint density at radius 2 is 1.83 bits per heavy atom. The molecule has 0 aromatic heterocycles. The van der Waals surface area contributed by atoms with Crippen molar-refractivity contribution in [1.29, 1.82) is 0 Å². The summed E-state index contributed by atoms with van der Waals surface area (Å²) in [6.45, 7) is 0.576. The number of hydrogen-bond donors (Lipinski definition) is 2. The number of thiocarbonyl (C=S) groups is 1. The standard InChI is InChI=1S/C16H15Cl2N3OS/c1-21(16(23)19-10-11-5-3-2-4-6-11)20-15(22)12-7-8-13(17)14(18)9-12/h2-9H,10H2,1H3,(H,19,23)(H,20,22). The van der Waals surface area contributed by atoms with E-state index >= 15 is 0 Å². The first kappa shape index (κ1) is 17.5. The van der Waals surface area contributed by atoms with Gasteiger partial charge in [0.25, 0.3) is 5.91 Å². The van der Waals surface area contributed by atoms with E-state index < -0.39 is 0 Å². The third kappa shape index (κ3) is 5.10. The van der Waals surface area contributed by atoms with Crippen molar-refractivity contribution in [1.82, 2.24) is 15.8 Å². The maximum Gasteiger partial charge on any atom is 0.269 e. The van der Waals surface area contributed by atoms with Crippen molar-refractivity contribution in [3.05, 3.63) is 69.7 Å². The van der Waals surface area contributed by atoms with E-state index in [0.717, 1.165) is 5.56 Å². The van der Waals surface area contributed by atoms with Crippen LogP contribution in [0.1, 0.15) is 15.9 Å². The van der Waals surface area contributed by atoms with Crippen LogP contribution in [0.2, 0.25) is 10.0 Å². The summed E-state index contributed by atoms with van der Waals surface area (Å²) < 4.78 is 0. The highest BCUT2D eigenvalue weighted by Crippen LogP contribution is 2.22. The minimum absolute atomic E-state index is 0.324. The third-order valence-corrected chi connectivity index (χ3v) is 4.20. The van der Waals surface area contributed by atoms with Gasteiger partial charge in [0.15, 0.2) is 5.11 Å². The lowest BCUT2D eigenvalue weighted by Crippen LogP contribution is -2.47. The summed E-state index contributed by atoms with van der Waals surface area (Å²) in [5.74, 6) is -0.324. The van der Waals surface area contributed by atoms with Gasteiger partial charge in [-0.05, 0) is 36.0 Å². The first-order valence-electron chi connectivity index (χ1n) is 6.79. The lowest BCUT2D eigenvalue weighted by atomic mass is 10.2. The maximum atomic E-state index is 12.2. The summed E-state index contributed by atoms with van der Waals surface area (Å²) >= 11 is 17.0. The average molecular weight is 368 g/mol.